The minimum Gasteiger partial charge on any atom is -0.494 e. The summed E-state index contributed by atoms with van der Waals surface area (Å²) < 4.78 is 12.4. The van der Waals surface area contributed by atoms with Gasteiger partial charge in [-0.25, -0.2) is 0 Å². The molecule has 7 heteroatoms. The molecular weight excluding hydrogens is 382 g/mol. The second-order valence-electron chi connectivity index (χ2n) is 7.52. The summed E-state index contributed by atoms with van der Waals surface area (Å²) in [4.78, 5) is 27.4. The molecule has 0 bridgehead atoms. The van der Waals surface area contributed by atoms with Crippen LogP contribution < -0.4 is 20.2 Å². The number of rotatable bonds is 8. The summed E-state index contributed by atoms with van der Waals surface area (Å²) in [5.41, 5.74) is 1.36. The van der Waals surface area contributed by atoms with Crippen molar-refractivity contribution in [1.82, 2.24) is 9.47 Å². The molecular formula is C23H31N3O4. The van der Waals surface area contributed by atoms with Gasteiger partial charge in [-0.1, -0.05) is 12.8 Å². The number of carbonyl (C=O) groups is 1. The summed E-state index contributed by atoms with van der Waals surface area (Å²) in [7, 11) is 1.47. The quantitative estimate of drug-likeness (QED) is 0.719. The van der Waals surface area contributed by atoms with Gasteiger partial charge in [0.1, 0.15) is 12.3 Å². The number of hydrogen-bond donors (Lipinski definition) is 1. The Morgan fingerprint density at radius 2 is 1.80 bits per heavy atom. The Balaban J connectivity index is 1.73. The first-order valence-corrected chi connectivity index (χ1v) is 10.6. The molecule has 1 aliphatic heterocycles. The van der Waals surface area contributed by atoms with E-state index in [1.54, 1.807) is 12.3 Å². The predicted molar refractivity (Wildman–Crippen MR) is 117 cm³/mol. The molecule has 0 atom stereocenters. The second kappa shape index (κ2) is 10.8. The molecule has 0 unspecified atom stereocenters. The standard InChI is InChI=1S/C23H31N3O4/c1-3-30-20-10-8-18(9-11-20)24-23(28)17-26-16-22(29-2)21(27)14-19(26)15-25-12-6-4-5-7-13-25/h8-11,14,16H,3-7,12-13,15,17H2,1-2H3,(H,24,28). The minimum atomic E-state index is -0.165. The Kier molecular flexibility index (Phi) is 7.90. The van der Waals surface area contributed by atoms with Gasteiger partial charge in [-0.3, -0.25) is 14.5 Å². The number of benzene rings is 1. The number of anilines is 1. The monoisotopic (exact) mass is 413 g/mol. The Bertz CT molecular complexity index is 884. The molecule has 0 spiro atoms. The minimum absolute atomic E-state index is 0.104. The van der Waals surface area contributed by atoms with Gasteiger partial charge in [0, 0.05) is 24.0 Å². The normalized spacial score (nSPS) is 14.7. The third-order valence-corrected chi connectivity index (χ3v) is 5.25. The summed E-state index contributed by atoms with van der Waals surface area (Å²) >= 11 is 0. The van der Waals surface area contributed by atoms with Gasteiger partial charge in [-0.05, 0) is 57.1 Å². The number of carbonyl (C=O) groups excluding carboxylic acids is 1. The molecule has 30 heavy (non-hydrogen) atoms. The van der Waals surface area contributed by atoms with Gasteiger partial charge in [-0.2, -0.15) is 0 Å². The van der Waals surface area contributed by atoms with E-state index in [1.807, 2.05) is 35.8 Å². The lowest BCUT2D eigenvalue weighted by molar-refractivity contribution is -0.116. The van der Waals surface area contributed by atoms with Crippen LogP contribution in [0.5, 0.6) is 11.5 Å². The fourth-order valence-corrected chi connectivity index (χ4v) is 3.71. The summed E-state index contributed by atoms with van der Waals surface area (Å²) in [5.74, 6) is 0.839. The first-order chi connectivity index (χ1) is 14.6. The number of aromatic nitrogens is 1. The molecule has 1 amide bonds. The molecule has 2 aromatic rings. The van der Waals surface area contributed by atoms with Crippen LogP contribution in [0.25, 0.3) is 0 Å². The number of nitrogens with zero attached hydrogens (tertiary/aromatic N) is 2. The topological polar surface area (TPSA) is 72.8 Å². The molecule has 0 radical (unpaired) electrons. The van der Waals surface area contributed by atoms with Crippen molar-refractivity contribution in [3.05, 3.63) is 52.4 Å². The number of ether oxygens (including phenoxy) is 2. The summed E-state index contributed by atoms with van der Waals surface area (Å²) in [6, 6.07) is 8.87. The highest BCUT2D eigenvalue weighted by atomic mass is 16.5. The summed E-state index contributed by atoms with van der Waals surface area (Å²) in [5, 5.41) is 2.90. The van der Waals surface area contributed by atoms with Gasteiger partial charge in [0.2, 0.25) is 11.3 Å². The zero-order valence-electron chi connectivity index (χ0n) is 17.9. The van der Waals surface area contributed by atoms with Crippen LogP contribution in [0.15, 0.2) is 41.3 Å². The van der Waals surface area contributed by atoms with Crippen molar-refractivity contribution in [2.24, 2.45) is 0 Å². The Hall–Kier alpha value is -2.80. The zero-order chi connectivity index (χ0) is 21.3. The van der Waals surface area contributed by atoms with Crippen molar-refractivity contribution < 1.29 is 14.3 Å². The van der Waals surface area contributed by atoms with E-state index in [2.05, 4.69) is 10.2 Å². The largest absolute Gasteiger partial charge is 0.494 e. The molecule has 0 saturated carbocycles. The van der Waals surface area contributed by atoms with Crippen LogP contribution in [0.1, 0.15) is 38.3 Å². The van der Waals surface area contributed by atoms with Gasteiger partial charge < -0.3 is 19.4 Å². The first-order valence-electron chi connectivity index (χ1n) is 10.6. The van der Waals surface area contributed by atoms with E-state index in [0.29, 0.717) is 18.8 Å². The number of pyridine rings is 1. The third kappa shape index (κ3) is 6.10. The fourth-order valence-electron chi connectivity index (χ4n) is 3.71. The lowest BCUT2D eigenvalue weighted by Crippen LogP contribution is -2.29. The first kappa shape index (κ1) is 21.9. The average Bonchev–Trinajstić information content (AvgIpc) is 3.00. The number of amides is 1. The molecule has 162 valence electrons. The van der Waals surface area contributed by atoms with Gasteiger partial charge >= 0.3 is 0 Å². The van der Waals surface area contributed by atoms with Crippen molar-refractivity contribution in [2.45, 2.75) is 45.7 Å². The molecule has 7 nitrogen and oxygen atoms in total. The van der Waals surface area contributed by atoms with E-state index < -0.39 is 0 Å². The van der Waals surface area contributed by atoms with Crippen molar-refractivity contribution in [3.8, 4) is 11.5 Å². The molecule has 0 aliphatic carbocycles. The van der Waals surface area contributed by atoms with E-state index in [9.17, 15) is 9.59 Å². The van der Waals surface area contributed by atoms with Crippen LogP contribution in [0.4, 0.5) is 5.69 Å². The van der Waals surface area contributed by atoms with Crippen molar-refractivity contribution >= 4 is 11.6 Å². The van der Waals surface area contributed by atoms with Crippen molar-refractivity contribution in [1.29, 1.82) is 0 Å². The number of nitrogens with one attached hydrogen (secondary N) is 1. The van der Waals surface area contributed by atoms with Crippen LogP contribution >= 0.6 is 0 Å². The number of methoxy groups -OCH3 is 1. The molecule has 2 heterocycles. The summed E-state index contributed by atoms with van der Waals surface area (Å²) in [6.07, 6.45) is 6.46. The molecule has 1 fully saturated rings. The number of likely N-dealkylation sites (tertiary alicyclic amines) is 1. The van der Waals surface area contributed by atoms with Gasteiger partial charge in [-0.15, -0.1) is 0 Å². The van der Waals surface area contributed by atoms with Gasteiger partial charge in [0.05, 0.1) is 19.9 Å². The van der Waals surface area contributed by atoms with Gasteiger partial charge in [0.15, 0.2) is 5.75 Å². The average molecular weight is 414 g/mol. The highest BCUT2D eigenvalue weighted by molar-refractivity contribution is 5.90. The van der Waals surface area contributed by atoms with E-state index in [4.69, 9.17) is 9.47 Å². The molecule has 1 aromatic heterocycles. The van der Waals surface area contributed by atoms with Crippen LogP contribution in [0, 0.1) is 0 Å². The van der Waals surface area contributed by atoms with Crippen molar-refractivity contribution in [2.75, 3.05) is 32.1 Å². The van der Waals surface area contributed by atoms with Gasteiger partial charge in [0.25, 0.3) is 0 Å². The van der Waals surface area contributed by atoms with Crippen LogP contribution in [0.2, 0.25) is 0 Å². The molecule has 1 aromatic carbocycles. The Morgan fingerprint density at radius 1 is 1.10 bits per heavy atom. The highest BCUT2D eigenvalue weighted by Crippen LogP contribution is 2.17. The molecule has 1 N–H and O–H groups in total. The molecule has 1 saturated heterocycles. The maximum Gasteiger partial charge on any atom is 0.244 e. The number of hydrogen-bond acceptors (Lipinski definition) is 5. The predicted octanol–water partition coefficient (Wildman–Crippen LogP) is 3.27. The fraction of sp³-hybridized carbons (Fsp3) is 0.478. The molecule has 1 aliphatic rings. The van der Waals surface area contributed by atoms with Crippen LogP contribution in [0.3, 0.4) is 0 Å². The highest BCUT2D eigenvalue weighted by Gasteiger charge is 2.15. The smallest absolute Gasteiger partial charge is 0.244 e. The lowest BCUT2D eigenvalue weighted by Gasteiger charge is -2.23. The van der Waals surface area contributed by atoms with E-state index >= 15 is 0 Å². The second-order valence-corrected chi connectivity index (χ2v) is 7.52. The Morgan fingerprint density at radius 3 is 2.43 bits per heavy atom. The SMILES string of the molecule is CCOc1ccc(NC(=O)Cn2cc(OC)c(=O)cc2CN2CCCCCC2)cc1. The van der Waals surface area contributed by atoms with E-state index in [1.165, 1.54) is 32.8 Å². The summed E-state index contributed by atoms with van der Waals surface area (Å²) in [6.45, 7) is 5.30. The van der Waals surface area contributed by atoms with Crippen molar-refractivity contribution in [3.63, 3.8) is 0 Å². The van der Waals surface area contributed by atoms with E-state index in [-0.39, 0.29) is 23.6 Å². The van der Waals surface area contributed by atoms with Crippen LogP contribution in [-0.2, 0) is 17.9 Å². The van der Waals surface area contributed by atoms with E-state index in [0.717, 1.165) is 24.5 Å². The lowest BCUT2D eigenvalue weighted by atomic mass is 10.2. The third-order valence-electron chi connectivity index (χ3n) is 5.25. The maximum absolute atomic E-state index is 12.7. The molecule has 3 rings (SSSR count). The zero-order valence-corrected chi connectivity index (χ0v) is 17.9. The maximum atomic E-state index is 12.7. The Labute approximate surface area is 177 Å². The van der Waals surface area contributed by atoms with Crippen LogP contribution in [-0.4, -0.2) is 42.2 Å².